The lowest BCUT2D eigenvalue weighted by Crippen LogP contribution is -2.40. The molecule has 0 amide bonds. The van der Waals surface area contributed by atoms with E-state index >= 15 is 0 Å². The van der Waals surface area contributed by atoms with Gasteiger partial charge in [-0.25, -0.2) is 4.98 Å². The summed E-state index contributed by atoms with van der Waals surface area (Å²) in [7, 11) is 1.70. The normalized spacial score (nSPS) is 17.2. The highest BCUT2D eigenvalue weighted by Crippen LogP contribution is 2.16. The largest absolute Gasteiger partial charge is 0.382 e. The highest BCUT2D eigenvalue weighted by atomic mass is 127. The quantitative estimate of drug-likeness (QED) is 0.222. The van der Waals surface area contributed by atoms with E-state index < -0.39 is 0 Å². The van der Waals surface area contributed by atoms with Gasteiger partial charge in [0.15, 0.2) is 5.96 Å². The Morgan fingerprint density at radius 1 is 1.37 bits per heavy atom. The van der Waals surface area contributed by atoms with Gasteiger partial charge in [0.05, 0.1) is 19.8 Å². The maximum Gasteiger partial charge on any atom is 0.193 e. The molecule has 1 aliphatic rings. The predicted molar refractivity (Wildman–Crippen MR) is 120 cm³/mol. The van der Waals surface area contributed by atoms with Gasteiger partial charge < -0.3 is 24.3 Å². The fourth-order valence-corrected chi connectivity index (χ4v) is 3.20. The van der Waals surface area contributed by atoms with Crippen LogP contribution in [0.3, 0.4) is 0 Å². The van der Waals surface area contributed by atoms with Crippen LogP contribution in [0.1, 0.15) is 32.0 Å². The third-order valence-corrected chi connectivity index (χ3v) is 4.70. The number of aryl methyl sites for hydroxylation is 2. The van der Waals surface area contributed by atoms with Crippen molar-refractivity contribution in [3.8, 4) is 0 Å². The Morgan fingerprint density at radius 2 is 2.22 bits per heavy atom. The molecular formula is C19H36IN5O2. The second-order valence-electron chi connectivity index (χ2n) is 6.78. The van der Waals surface area contributed by atoms with Crippen molar-refractivity contribution in [3.05, 3.63) is 18.2 Å². The van der Waals surface area contributed by atoms with Gasteiger partial charge in [0.25, 0.3) is 0 Å². The summed E-state index contributed by atoms with van der Waals surface area (Å²) >= 11 is 0. The summed E-state index contributed by atoms with van der Waals surface area (Å²) < 4.78 is 12.9. The fourth-order valence-electron chi connectivity index (χ4n) is 3.20. The minimum atomic E-state index is 0. The highest BCUT2D eigenvalue weighted by molar-refractivity contribution is 14.0. The molecule has 27 heavy (non-hydrogen) atoms. The van der Waals surface area contributed by atoms with Gasteiger partial charge in [0, 0.05) is 58.1 Å². The molecule has 1 unspecified atom stereocenters. The molecule has 7 nitrogen and oxygen atoms in total. The molecule has 2 heterocycles. The molecular weight excluding hydrogens is 457 g/mol. The summed E-state index contributed by atoms with van der Waals surface area (Å²) in [6.07, 6.45) is 7.28. The Morgan fingerprint density at radius 3 is 2.93 bits per heavy atom. The molecule has 0 aromatic carbocycles. The first kappa shape index (κ1) is 24.2. The number of guanidine groups is 1. The molecule has 8 heteroatoms. The van der Waals surface area contributed by atoms with Crippen LogP contribution in [0.15, 0.2) is 17.4 Å². The number of nitrogens with zero attached hydrogens (tertiary/aromatic N) is 4. The monoisotopic (exact) mass is 493 g/mol. The average Bonchev–Trinajstić information content (AvgIpc) is 3.27. The zero-order chi connectivity index (χ0) is 18.6. The van der Waals surface area contributed by atoms with E-state index in [2.05, 4.69) is 26.7 Å². The second kappa shape index (κ2) is 14.2. The molecule has 0 saturated carbocycles. The first-order valence-corrected chi connectivity index (χ1v) is 9.82. The van der Waals surface area contributed by atoms with Gasteiger partial charge in [-0.15, -0.1) is 24.0 Å². The van der Waals surface area contributed by atoms with E-state index in [9.17, 15) is 0 Å². The molecule has 1 aromatic rings. The Bertz CT molecular complexity index is 538. The van der Waals surface area contributed by atoms with Gasteiger partial charge in [-0.2, -0.15) is 0 Å². The van der Waals surface area contributed by atoms with E-state index in [4.69, 9.17) is 14.5 Å². The molecule has 1 fully saturated rings. The van der Waals surface area contributed by atoms with E-state index in [1.807, 2.05) is 19.3 Å². The lowest BCUT2D eigenvalue weighted by Gasteiger charge is -2.21. The van der Waals surface area contributed by atoms with E-state index in [0.717, 1.165) is 70.4 Å². The van der Waals surface area contributed by atoms with Gasteiger partial charge in [0.1, 0.15) is 5.82 Å². The zero-order valence-corrected chi connectivity index (χ0v) is 19.4. The van der Waals surface area contributed by atoms with Crippen LogP contribution in [0.4, 0.5) is 0 Å². The van der Waals surface area contributed by atoms with Gasteiger partial charge in [-0.05, 0) is 33.1 Å². The Hall–Kier alpha value is -0.870. The average molecular weight is 493 g/mol. The van der Waals surface area contributed by atoms with Crippen LogP contribution in [0, 0.1) is 12.8 Å². The molecule has 0 spiro atoms. The van der Waals surface area contributed by atoms with Crippen molar-refractivity contribution in [1.29, 1.82) is 0 Å². The van der Waals surface area contributed by atoms with E-state index in [1.165, 1.54) is 0 Å². The fraction of sp³-hybridized carbons (Fsp3) is 0.789. The third-order valence-electron chi connectivity index (χ3n) is 4.70. The van der Waals surface area contributed by atoms with Crippen LogP contribution in [0.2, 0.25) is 0 Å². The van der Waals surface area contributed by atoms with Gasteiger partial charge in [0.2, 0.25) is 0 Å². The standard InChI is InChI=1S/C19H35N5O2.HI/c1-4-20-19(22-8-5-6-10-23-12-9-21-17(23)2)24-11-7-18(15-24)16-26-14-13-25-3;/h9,12,18H,4-8,10-11,13-16H2,1-3H3,(H,20,22);1H. The number of aromatic nitrogens is 2. The van der Waals surface area contributed by atoms with E-state index in [-0.39, 0.29) is 24.0 Å². The van der Waals surface area contributed by atoms with E-state index in [0.29, 0.717) is 19.1 Å². The van der Waals surface area contributed by atoms with Crippen molar-refractivity contribution in [2.24, 2.45) is 10.9 Å². The maximum atomic E-state index is 5.68. The third kappa shape index (κ3) is 8.78. The summed E-state index contributed by atoms with van der Waals surface area (Å²) in [5, 5.41) is 3.43. The molecule has 1 aromatic heterocycles. The lowest BCUT2D eigenvalue weighted by atomic mass is 10.1. The minimum absolute atomic E-state index is 0. The Balaban J connectivity index is 0.00000364. The van der Waals surface area contributed by atoms with Crippen LogP contribution in [-0.2, 0) is 16.0 Å². The number of unbranched alkanes of at least 4 members (excludes halogenated alkanes) is 1. The van der Waals surface area contributed by atoms with Crippen LogP contribution >= 0.6 is 24.0 Å². The summed E-state index contributed by atoms with van der Waals surface area (Å²) in [6.45, 7) is 11.2. The number of ether oxygens (including phenoxy) is 2. The first-order valence-electron chi connectivity index (χ1n) is 9.82. The lowest BCUT2D eigenvalue weighted by molar-refractivity contribution is 0.0536. The summed E-state index contributed by atoms with van der Waals surface area (Å²) in [6, 6.07) is 0. The Labute approximate surface area is 180 Å². The molecule has 156 valence electrons. The van der Waals surface area contributed by atoms with Crippen LogP contribution in [0.25, 0.3) is 0 Å². The number of imidazole rings is 1. The molecule has 0 bridgehead atoms. The number of hydrogen-bond acceptors (Lipinski definition) is 4. The van der Waals surface area contributed by atoms with Gasteiger partial charge in [-0.3, -0.25) is 4.99 Å². The first-order chi connectivity index (χ1) is 12.7. The van der Waals surface area contributed by atoms with Crippen molar-refractivity contribution in [2.45, 2.75) is 39.7 Å². The molecule has 1 N–H and O–H groups in total. The second-order valence-corrected chi connectivity index (χ2v) is 6.78. The van der Waals surface area contributed by atoms with Gasteiger partial charge >= 0.3 is 0 Å². The number of nitrogens with one attached hydrogen (secondary N) is 1. The summed E-state index contributed by atoms with van der Waals surface area (Å²) in [5.74, 6) is 2.71. The van der Waals surface area contributed by atoms with Crippen molar-refractivity contribution < 1.29 is 9.47 Å². The van der Waals surface area contributed by atoms with Crippen molar-refractivity contribution in [3.63, 3.8) is 0 Å². The summed E-state index contributed by atoms with van der Waals surface area (Å²) in [4.78, 5) is 11.5. The molecule has 1 aliphatic heterocycles. The number of methoxy groups -OCH3 is 1. The van der Waals surface area contributed by atoms with Crippen molar-refractivity contribution in [1.82, 2.24) is 19.8 Å². The van der Waals surface area contributed by atoms with Crippen LogP contribution < -0.4 is 5.32 Å². The number of rotatable bonds is 11. The van der Waals surface area contributed by atoms with Crippen LogP contribution in [0.5, 0.6) is 0 Å². The topological polar surface area (TPSA) is 63.9 Å². The highest BCUT2D eigenvalue weighted by Gasteiger charge is 2.24. The van der Waals surface area contributed by atoms with Gasteiger partial charge in [-0.1, -0.05) is 0 Å². The van der Waals surface area contributed by atoms with Crippen molar-refractivity contribution in [2.75, 3.05) is 53.1 Å². The predicted octanol–water partition coefficient (Wildman–Crippen LogP) is 2.54. The Kier molecular flexibility index (Phi) is 12.7. The SMILES string of the molecule is CCNC(=NCCCCn1ccnc1C)N1CCC(COCCOC)C1.I. The molecule has 1 saturated heterocycles. The minimum Gasteiger partial charge on any atom is -0.382 e. The number of aliphatic imine (C=N–C) groups is 1. The molecule has 2 rings (SSSR count). The molecule has 0 aliphatic carbocycles. The van der Waals surface area contributed by atoms with E-state index in [1.54, 1.807) is 7.11 Å². The molecule has 0 radical (unpaired) electrons. The smallest absolute Gasteiger partial charge is 0.193 e. The zero-order valence-electron chi connectivity index (χ0n) is 17.0. The van der Waals surface area contributed by atoms with Crippen LogP contribution in [-0.4, -0.2) is 73.5 Å². The number of hydrogen-bond donors (Lipinski definition) is 1. The maximum absolute atomic E-state index is 5.68. The number of likely N-dealkylation sites (tertiary alicyclic amines) is 1. The summed E-state index contributed by atoms with van der Waals surface area (Å²) in [5.41, 5.74) is 0. The van der Waals surface area contributed by atoms with Crippen molar-refractivity contribution >= 4 is 29.9 Å². The number of halogens is 1. The molecule has 1 atom stereocenters.